The van der Waals surface area contributed by atoms with Gasteiger partial charge in [-0.1, -0.05) is 89.9 Å². The molecule has 1 N–H and O–H groups in total. The van der Waals surface area contributed by atoms with Crippen molar-refractivity contribution in [2.24, 2.45) is 0 Å². The van der Waals surface area contributed by atoms with Gasteiger partial charge in [-0.05, 0) is 53.3 Å². The maximum Gasteiger partial charge on any atom is 0.270 e. The van der Waals surface area contributed by atoms with Gasteiger partial charge >= 0.3 is 0 Å². The van der Waals surface area contributed by atoms with Crippen LogP contribution in [0.4, 0.5) is 0 Å². The van der Waals surface area contributed by atoms with Gasteiger partial charge in [-0.25, -0.2) is 4.68 Å². The number of aromatic nitrogens is 2. The number of benzene rings is 3. The Morgan fingerprint density at radius 2 is 1.63 bits per heavy atom. The van der Waals surface area contributed by atoms with Crippen molar-refractivity contribution in [1.29, 1.82) is 0 Å². The number of hydrogen-bond donors (Lipinski definition) is 1. The van der Waals surface area contributed by atoms with Crippen molar-refractivity contribution in [3.05, 3.63) is 129 Å². The second kappa shape index (κ2) is 10.5. The minimum absolute atomic E-state index is 0.214. The molecule has 35 heavy (non-hydrogen) atoms. The molecular weight excluding hydrogens is 497 g/mol. The molecular formula is C28H21Cl2N3OS. The molecule has 0 aliphatic rings. The summed E-state index contributed by atoms with van der Waals surface area (Å²) in [5, 5.41) is 10.8. The summed E-state index contributed by atoms with van der Waals surface area (Å²) in [7, 11) is 0. The first-order valence-electron chi connectivity index (χ1n) is 11.1. The summed E-state index contributed by atoms with van der Waals surface area (Å²) in [5.41, 5.74) is 3.96. The van der Waals surface area contributed by atoms with E-state index < -0.39 is 0 Å². The Kier molecular flexibility index (Phi) is 7.00. The number of carbonyl (C=O) groups excluding carboxylic acids is 1. The molecule has 5 aromatic rings. The van der Waals surface area contributed by atoms with Gasteiger partial charge in [-0.2, -0.15) is 5.10 Å². The maximum atomic E-state index is 13.7. The first-order chi connectivity index (χ1) is 17.1. The number of amides is 1. The largest absolute Gasteiger partial charge is 0.344 e. The molecule has 1 atom stereocenters. The highest BCUT2D eigenvalue weighted by atomic mass is 35.5. The van der Waals surface area contributed by atoms with Crippen LogP contribution in [0.5, 0.6) is 0 Å². The minimum atomic E-state index is -0.226. The van der Waals surface area contributed by atoms with E-state index in [1.807, 2.05) is 72.1 Å². The first-order valence-corrected chi connectivity index (χ1v) is 12.7. The second-order valence-electron chi connectivity index (χ2n) is 8.03. The average Bonchev–Trinajstić information content (AvgIpc) is 3.57. The molecule has 0 aliphatic carbocycles. The summed E-state index contributed by atoms with van der Waals surface area (Å²) in [4.78, 5) is 14.7. The third-order valence-corrected chi connectivity index (χ3v) is 7.28. The van der Waals surface area contributed by atoms with Crippen LogP contribution in [-0.2, 0) is 6.42 Å². The number of halogens is 2. The smallest absolute Gasteiger partial charge is 0.270 e. The van der Waals surface area contributed by atoms with E-state index in [2.05, 4.69) is 17.4 Å². The summed E-state index contributed by atoms with van der Waals surface area (Å²) < 4.78 is 1.62. The van der Waals surface area contributed by atoms with Crippen LogP contribution in [0.3, 0.4) is 0 Å². The van der Waals surface area contributed by atoms with Crippen LogP contribution in [-0.4, -0.2) is 15.7 Å². The lowest BCUT2D eigenvalue weighted by Crippen LogP contribution is -2.31. The molecule has 5 rings (SSSR count). The van der Waals surface area contributed by atoms with Crippen LogP contribution >= 0.6 is 34.5 Å². The zero-order chi connectivity index (χ0) is 24.2. The van der Waals surface area contributed by atoms with E-state index in [1.165, 1.54) is 0 Å². The van der Waals surface area contributed by atoms with Crippen molar-refractivity contribution < 1.29 is 4.79 Å². The average molecular weight is 518 g/mol. The molecule has 0 aliphatic heterocycles. The number of hydrogen-bond acceptors (Lipinski definition) is 3. The molecule has 4 nitrogen and oxygen atoms in total. The predicted octanol–water partition coefficient (Wildman–Crippen LogP) is 7.62. The van der Waals surface area contributed by atoms with Crippen molar-refractivity contribution in [3.63, 3.8) is 0 Å². The molecule has 0 spiro atoms. The SMILES string of the molecule is O=C(NC(Cc1ccccc1)c1ccccc1)c1cc(-c2cccs2)nn1-c1ccc(Cl)c(Cl)c1. The van der Waals surface area contributed by atoms with Crippen molar-refractivity contribution in [2.75, 3.05) is 0 Å². The van der Waals surface area contributed by atoms with Crippen molar-refractivity contribution >= 4 is 40.4 Å². The van der Waals surface area contributed by atoms with E-state index in [1.54, 1.807) is 34.2 Å². The Bertz CT molecular complexity index is 1430. The second-order valence-corrected chi connectivity index (χ2v) is 9.79. The molecule has 3 aromatic carbocycles. The summed E-state index contributed by atoms with van der Waals surface area (Å²) in [5.74, 6) is -0.226. The van der Waals surface area contributed by atoms with Crippen LogP contribution in [0, 0.1) is 0 Å². The van der Waals surface area contributed by atoms with Gasteiger partial charge in [0.15, 0.2) is 0 Å². The van der Waals surface area contributed by atoms with Gasteiger partial charge in [0.05, 0.1) is 26.7 Å². The molecule has 0 saturated heterocycles. The Morgan fingerprint density at radius 3 is 2.31 bits per heavy atom. The van der Waals surface area contributed by atoms with Gasteiger partial charge in [-0.3, -0.25) is 4.79 Å². The third-order valence-electron chi connectivity index (χ3n) is 5.65. The standard InChI is InChI=1S/C28H21Cl2N3OS/c29-22-14-13-21(17-23(22)30)33-26(18-25(32-33)27-12-7-15-35-27)28(34)31-24(20-10-5-2-6-11-20)16-19-8-3-1-4-9-19/h1-15,17-18,24H,16H2,(H,31,34). The molecule has 7 heteroatoms. The normalized spacial score (nSPS) is 11.8. The summed E-state index contributed by atoms with van der Waals surface area (Å²) in [6.45, 7) is 0. The predicted molar refractivity (Wildman–Crippen MR) is 144 cm³/mol. The van der Waals surface area contributed by atoms with E-state index in [-0.39, 0.29) is 11.9 Å². The van der Waals surface area contributed by atoms with Gasteiger partial charge in [0.1, 0.15) is 11.4 Å². The number of nitrogens with zero attached hydrogens (tertiary/aromatic N) is 2. The Labute approximate surface area is 217 Å². The molecule has 0 bridgehead atoms. The molecule has 1 amide bonds. The van der Waals surface area contributed by atoms with Crippen molar-refractivity contribution in [2.45, 2.75) is 12.5 Å². The third kappa shape index (κ3) is 5.33. The zero-order valence-corrected chi connectivity index (χ0v) is 20.9. The van der Waals surface area contributed by atoms with E-state index in [0.717, 1.165) is 21.7 Å². The number of nitrogens with one attached hydrogen (secondary N) is 1. The van der Waals surface area contributed by atoms with Gasteiger partial charge in [0.2, 0.25) is 0 Å². The van der Waals surface area contributed by atoms with E-state index >= 15 is 0 Å². The van der Waals surface area contributed by atoms with Crippen molar-refractivity contribution in [1.82, 2.24) is 15.1 Å². The van der Waals surface area contributed by atoms with Crippen LogP contribution in [0.25, 0.3) is 16.3 Å². The topological polar surface area (TPSA) is 46.9 Å². The molecule has 0 saturated carbocycles. The maximum absolute atomic E-state index is 13.7. The van der Waals surface area contributed by atoms with Gasteiger partial charge in [0, 0.05) is 0 Å². The zero-order valence-electron chi connectivity index (χ0n) is 18.6. The highest BCUT2D eigenvalue weighted by Gasteiger charge is 2.22. The quantitative estimate of drug-likeness (QED) is 0.241. The fraction of sp³-hybridized carbons (Fsp3) is 0.0714. The van der Waals surface area contributed by atoms with Gasteiger partial charge < -0.3 is 5.32 Å². The van der Waals surface area contributed by atoms with Crippen LogP contribution < -0.4 is 5.32 Å². The first kappa shape index (κ1) is 23.4. The Balaban J connectivity index is 1.53. The lowest BCUT2D eigenvalue weighted by molar-refractivity contribution is 0.0928. The van der Waals surface area contributed by atoms with Gasteiger partial charge in [0.25, 0.3) is 5.91 Å². The number of rotatable bonds is 7. The van der Waals surface area contributed by atoms with E-state index in [4.69, 9.17) is 28.3 Å². The molecule has 1 unspecified atom stereocenters. The molecule has 2 aromatic heterocycles. The lowest BCUT2D eigenvalue weighted by atomic mass is 9.98. The fourth-order valence-electron chi connectivity index (χ4n) is 3.92. The van der Waals surface area contributed by atoms with E-state index in [9.17, 15) is 4.79 Å². The van der Waals surface area contributed by atoms with E-state index in [0.29, 0.717) is 27.8 Å². The summed E-state index contributed by atoms with van der Waals surface area (Å²) in [6, 6.07) is 30.9. The molecule has 0 radical (unpaired) electrons. The highest BCUT2D eigenvalue weighted by Crippen LogP contribution is 2.29. The number of thiophene rings is 1. The lowest BCUT2D eigenvalue weighted by Gasteiger charge is -2.20. The highest BCUT2D eigenvalue weighted by molar-refractivity contribution is 7.13. The monoisotopic (exact) mass is 517 g/mol. The van der Waals surface area contributed by atoms with Crippen LogP contribution in [0.2, 0.25) is 10.0 Å². The fourth-order valence-corrected chi connectivity index (χ4v) is 4.89. The Morgan fingerprint density at radius 1 is 0.886 bits per heavy atom. The van der Waals surface area contributed by atoms with Crippen LogP contribution in [0.15, 0.2) is 102 Å². The summed E-state index contributed by atoms with van der Waals surface area (Å²) >= 11 is 14.0. The number of carbonyl (C=O) groups is 1. The minimum Gasteiger partial charge on any atom is -0.344 e. The molecule has 2 heterocycles. The molecule has 0 fully saturated rings. The summed E-state index contributed by atoms with van der Waals surface area (Å²) in [6.07, 6.45) is 0.662. The van der Waals surface area contributed by atoms with Crippen molar-refractivity contribution in [3.8, 4) is 16.3 Å². The van der Waals surface area contributed by atoms with Crippen LogP contribution in [0.1, 0.15) is 27.7 Å². The Hall–Kier alpha value is -3.38. The van der Waals surface area contributed by atoms with Gasteiger partial charge in [-0.15, -0.1) is 11.3 Å². The molecule has 174 valence electrons.